The minimum Gasteiger partial charge on any atom is -0.271 e. The molecule has 0 saturated carbocycles. The van der Waals surface area contributed by atoms with Crippen molar-refractivity contribution in [3.05, 3.63) is 69.2 Å². The molecule has 0 aromatic heterocycles. The van der Waals surface area contributed by atoms with Crippen molar-refractivity contribution in [1.82, 2.24) is 5.43 Å². The number of hydrogen-bond acceptors (Lipinski definition) is 2. The second kappa shape index (κ2) is 5.74. The number of hydrogen-bond donors (Lipinski definition) is 2. The smallest absolute Gasteiger partial charge is 0.0712 e. The zero-order valence-corrected chi connectivity index (χ0v) is 12.3. The van der Waals surface area contributed by atoms with E-state index in [9.17, 15) is 0 Å². The Kier molecular flexibility index (Phi) is 4.25. The molecule has 0 fully saturated rings. The molecule has 0 saturated heterocycles. The van der Waals surface area contributed by atoms with Crippen molar-refractivity contribution >= 4 is 11.6 Å². The van der Waals surface area contributed by atoms with Crippen molar-refractivity contribution in [3.63, 3.8) is 0 Å². The van der Waals surface area contributed by atoms with Crippen molar-refractivity contribution < 1.29 is 0 Å². The third kappa shape index (κ3) is 2.98. The third-order valence-corrected chi connectivity index (χ3v) is 3.81. The average molecular weight is 275 g/mol. The second-order valence-electron chi connectivity index (χ2n) is 4.94. The van der Waals surface area contributed by atoms with Crippen LogP contribution in [0, 0.1) is 20.8 Å². The van der Waals surface area contributed by atoms with E-state index in [1.54, 1.807) is 0 Å². The van der Waals surface area contributed by atoms with E-state index in [2.05, 4.69) is 37.5 Å². The van der Waals surface area contributed by atoms with E-state index in [4.69, 9.17) is 17.4 Å². The Labute approximate surface area is 119 Å². The summed E-state index contributed by atoms with van der Waals surface area (Å²) < 4.78 is 0. The standard InChI is InChI=1S/C16H19ClN2/c1-10-4-5-13(8-11(10)2)16(19-18)15-7-6-14(17)9-12(15)3/h4-9,16,19H,18H2,1-3H3. The minimum absolute atomic E-state index is 0.0171. The molecule has 3 N–H and O–H groups in total. The van der Waals surface area contributed by atoms with Gasteiger partial charge in [-0.2, -0.15) is 0 Å². The Balaban J connectivity index is 2.46. The fourth-order valence-electron chi connectivity index (χ4n) is 2.27. The van der Waals surface area contributed by atoms with Gasteiger partial charge >= 0.3 is 0 Å². The lowest BCUT2D eigenvalue weighted by molar-refractivity contribution is 0.633. The van der Waals surface area contributed by atoms with Gasteiger partial charge in [0, 0.05) is 5.02 Å². The maximum absolute atomic E-state index is 6.01. The molecule has 1 atom stereocenters. The van der Waals surface area contributed by atoms with Crippen LogP contribution in [0.2, 0.25) is 5.02 Å². The number of nitrogens with two attached hydrogens (primary N) is 1. The SMILES string of the molecule is Cc1ccc(C(NN)c2ccc(Cl)cc2C)cc1C. The molecular weight excluding hydrogens is 256 g/mol. The second-order valence-corrected chi connectivity index (χ2v) is 5.38. The van der Waals surface area contributed by atoms with Gasteiger partial charge in [-0.25, -0.2) is 5.43 Å². The van der Waals surface area contributed by atoms with Gasteiger partial charge in [0.2, 0.25) is 0 Å². The molecule has 2 nitrogen and oxygen atoms in total. The van der Waals surface area contributed by atoms with Crippen molar-refractivity contribution in [3.8, 4) is 0 Å². The summed E-state index contributed by atoms with van der Waals surface area (Å²) in [6.07, 6.45) is 0. The van der Waals surface area contributed by atoms with Crippen molar-refractivity contribution in [2.24, 2.45) is 5.84 Å². The predicted molar refractivity (Wildman–Crippen MR) is 81.3 cm³/mol. The van der Waals surface area contributed by atoms with Gasteiger partial charge < -0.3 is 0 Å². The first kappa shape index (κ1) is 14.1. The molecule has 0 radical (unpaired) electrons. The quantitative estimate of drug-likeness (QED) is 0.660. The summed E-state index contributed by atoms with van der Waals surface area (Å²) in [6, 6.07) is 12.3. The Morgan fingerprint density at radius 2 is 1.68 bits per heavy atom. The first-order chi connectivity index (χ1) is 9.02. The van der Waals surface area contributed by atoms with Crippen LogP contribution in [0.1, 0.15) is 33.9 Å². The van der Waals surface area contributed by atoms with Gasteiger partial charge in [-0.3, -0.25) is 5.84 Å². The predicted octanol–water partition coefficient (Wildman–Crippen LogP) is 3.82. The van der Waals surface area contributed by atoms with Gasteiger partial charge in [-0.05, 0) is 60.7 Å². The first-order valence-electron chi connectivity index (χ1n) is 6.32. The molecular formula is C16H19ClN2. The van der Waals surface area contributed by atoms with Gasteiger partial charge in [0.1, 0.15) is 0 Å². The third-order valence-electron chi connectivity index (χ3n) is 3.57. The van der Waals surface area contributed by atoms with Crippen LogP contribution >= 0.6 is 11.6 Å². The van der Waals surface area contributed by atoms with Gasteiger partial charge in [-0.1, -0.05) is 35.9 Å². The summed E-state index contributed by atoms with van der Waals surface area (Å²) >= 11 is 6.01. The lowest BCUT2D eigenvalue weighted by Crippen LogP contribution is -2.29. The number of hydrazine groups is 1. The maximum Gasteiger partial charge on any atom is 0.0712 e. The van der Waals surface area contributed by atoms with E-state index in [1.165, 1.54) is 11.1 Å². The molecule has 19 heavy (non-hydrogen) atoms. The number of rotatable bonds is 3. The Morgan fingerprint density at radius 1 is 0.947 bits per heavy atom. The zero-order chi connectivity index (χ0) is 14.0. The molecule has 0 bridgehead atoms. The molecule has 0 aliphatic carbocycles. The highest BCUT2D eigenvalue weighted by Crippen LogP contribution is 2.27. The molecule has 0 spiro atoms. The summed E-state index contributed by atoms with van der Waals surface area (Å²) in [6.45, 7) is 6.27. The van der Waals surface area contributed by atoms with Crippen LogP contribution < -0.4 is 11.3 Å². The van der Waals surface area contributed by atoms with E-state index in [0.29, 0.717) is 0 Å². The van der Waals surface area contributed by atoms with Crippen LogP contribution in [0.15, 0.2) is 36.4 Å². The number of aryl methyl sites for hydroxylation is 3. The van der Waals surface area contributed by atoms with Crippen LogP contribution in [-0.4, -0.2) is 0 Å². The molecule has 1 unspecified atom stereocenters. The van der Waals surface area contributed by atoms with E-state index < -0.39 is 0 Å². The molecule has 0 aliphatic heterocycles. The van der Waals surface area contributed by atoms with Gasteiger partial charge in [0.15, 0.2) is 0 Å². The summed E-state index contributed by atoms with van der Waals surface area (Å²) in [7, 11) is 0. The van der Waals surface area contributed by atoms with Crippen LogP contribution in [0.4, 0.5) is 0 Å². The normalized spacial score (nSPS) is 12.5. The Hall–Kier alpha value is -1.35. The van der Waals surface area contributed by atoms with Crippen LogP contribution in [0.25, 0.3) is 0 Å². The first-order valence-corrected chi connectivity index (χ1v) is 6.70. The minimum atomic E-state index is -0.0171. The summed E-state index contributed by atoms with van der Waals surface area (Å²) in [4.78, 5) is 0. The highest BCUT2D eigenvalue weighted by atomic mass is 35.5. The van der Waals surface area contributed by atoms with E-state index >= 15 is 0 Å². The van der Waals surface area contributed by atoms with Crippen LogP contribution in [-0.2, 0) is 0 Å². The monoisotopic (exact) mass is 274 g/mol. The number of benzene rings is 2. The fourth-order valence-corrected chi connectivity index (χ4v) is 2.50. The van der Waals surface area contributed by atoms with E-state index in [1.807, 2.05) is 25.1 Å². The largest absolute Gasteiger partial charge is 0.271 e. The molecule has 2 aromatic carbocycles. The summed E-state index contributed by atoms with van der Waals surface area (Å²) in [5.74, 6) is 5.75. The van der Waals surface area contributed by atoms with E-state index in [0.717, 1.165) is 21.7 Å². The van der Waals surface area contributed by atoms with Gasteiger partial charge in [0.05, 0.1) is 6.04 Å². The highest BCUT2D eigenvalue weighted by molar-refractivity contribution is 6.30. The molecule has 0 amide bonds. The van der Waals surface area contributed by atoms with Gasteiger partial charge in [-0.15, -0.1) is 0 Å². The molecule has 2 aromatic rings. The summed E-state index contributed by atoms with van der Waals surface area (Å²) in [5.41, 5.74) is 8.90. The molecule has 0 heterocycles. The van der Waals surface area contributed by atoms with Crippen molar-refractivity contribution in [2.45, 2.75) is 26.8 Å². The highest BCUT2D eigenvalue weighted by Gasteiger charge is 2.15. The number of nitrogens with one attached hydrogen (secondary N) is 1. The van der Waals surface area contributed by atoms with Gasteiger partial charge in [0.25, 0.3) is 0 Å². The summed E-state index contributed by atoms with van der Waals surface area (Å²) in [5, 5.41) is 0.747. The maximum atomic E-state index is 6.01. The average Bonchev–Trinajstić information content (AvgIpc) is 2.37. The molecule has 2 rings (SSSR count). The van der Waals surface area contributed by atoms with Crippen molar-refractivity contribution in [2.75, 3.05) is 0 Å². The van der Waals surface area contributed by atoms with Crippen LogP contribution in [0.5, 0.6) is 0 Å². The Morgan fingerprint density at radius 3 is 2.26 bits per heavy atom. The molecule has 0 aliphatic rings. The lowest BCUT2D eigenvalue weighted by Gasteiger charge is -2.20. The lowest BCUT2D eigenvalue weighted by atomic mass is 9.93. The van der Waals surface area contributed by atoms with Crippen LogP contribution in [0.3, 0.4) is 0 Å². The fraction of sp³-hybridized carbons (Fsp3) is 0.250. The van der Waals surface area contributed by atoms with E-state index in [-0.39, 0.29) is 6.04 Å². The number of halogens is 1. The zero-order valence-electron chi connectivity index (χ0n) is 11.5. The molecule has 3 heteroatoms. The Bertz CT molecular complexity index is 593. The van der Waals surface area contributed by atoms with Crippen molar-refractivity contribution in [1.29, 1.82) is 0 Å². The topological polar surface area (TPSA) is 38.0 Å². The molecule has 100 valence electrons.